The van der Waals surface area contributed by atoms with Crippen molar-refractivity contribution in [3.8, 4) is 0 Å². The van der Waals surface area contributed by atoms with Gasteiger partial charge in [-0.25, -0.2) is 0 Å². The maximum absolute atomic E-state index is 5.89. The van der Waals surface area contributed by atoms with Gasteiger partial charge in [-0.2, -0.15) is 10.2 Å². The predicted molar refractivity (Wildman–Crippen MR) is 75.1 cm³/mol. The van der Waals surface area contributed by atoms with Crippen molar-refractivity contribution in [2.24, 2.45) is 0 Å². The SMILES string of the molecule is Nc1nn(Cc2ccn(C3CCCCC3)n2)cc1Cl. The zero-order chi connectivity index (χ0) is 13.2. The molecule has 3 rings (SSSR count). The number of aromatic nitrogens is 4. The second kappa shape index (κ2) is 5.25. The standard InChI is InChI=1S/C13H18ClN5/c14-12-9-18(17-13(12)15)8-10-6-7-19(16-10)11-4-2-1-3-5-11/h6-7,9,11H,1-5,8H2,(H2,15,17). The molecule has 5 nitrogen and oxygen atoms in total. The van der Waals surface area contributed by atoms with E-state index in [0.29, 0.717) is 23.4 Å². The summed E-state index contributed by atoms with van der Waals surface area (Å²) in [7, 11) is 0. The number of nitrogens with zero attached hydrogens (tertiary/aromatic N) is 4. The van der Waals surface area contributed by atoms with Gasteiger partial charge in [-0.05, 0) is 18.9 Å². The monoisotopic (exact) mass is 279 g/mol. The van der Waals surface area contributed by atoms with E-state index < -0.39 is 0 Å². The van der Waals surface area contributed by atoms with Crippen LogP contribution in [0, 0.1) is 0 Å². The fraction of sp³-hybridized carbons (Fsp3) is 0.538. The van der Waals surface area contributed by atoms with E-state index in [9.17, 15) is 0 Å². The lowest BCUT2D eigenvalue weighted by molar-refractivity contribution is 0.327. The molecule has 0 unspecified atom stereocenters. The smallest absolute Gasteiger partial charge is 0.164 e. The van der Waals surface area contributed by atoms with Crippen LogP contribution in [0.3, 0.4) is 0 Å². The lowest BCUT2D eigenvalue weighted by atomic mass is 9.96. The molecule has 2 aromatic rings. The Morgan fingerprint density at radius 2 is 2.05 bits per heavy atom. The summed E-state index contributed by atoms with van der Waals surface area (Å²) in [6.45, 7) is 0.608. The average Bonchev–Trinajstić information content (AvgIpc) is 2.99. The Morgan fingerprint density at radius 3 is 2.74 bits per heavy atom. The molecule has 19 heavy (non-hydrogen) atoms. The van der Waals surface area contributed by atoms with Gasteiger partial charge in [-0.1, -0.05) is 30.9 Å². The Labute approximate surface area is 117 Å². The Bertz CT molecular complexity index is 534. The van der Waals surface area contributed by atoms with Gasteiger partial charge >= 0.3 is 0 Å². The first-order chi connectivity index (χ1) is 9.22. The average molecular weight is 280 g/mol. The fourth-order valence-electron chi connectivity index (χ4n) is 2.67. The van der Waals surface area contributed by atoms with E-state index in [2.05, 4.69) is 21.1 Å². The molecule has 0 aliphatic heterocycles. The molecule has 0 spiro atoms. The molecule has 0 radical (unpaired) electrons. The van der Waals surface area contributed by atoms with Gasteiger partial charge in [0.25, 0.3) is 0 Å². The van der Waals surface area contributed by atoms with Crippen molar-refractivity contribution in [2.75, 3.05) is 5.73 Å². The van der Waals surface area contributed by atoms with Crippen molar-refractivity contribution in [1.82, 2.24) is 19.6 Å². The fourth-order valence-corrected chi connectivity index (χ4v) is 2.82. The van der Waals surface area contributed by atoms with Crippen LogP contribution in [0.2, 0.25) is 5.02 Å². The predicted octanol–water partition coefficient (Wildman–Crippen LogP) is 2.87. The first kappa shape index (κ1) is 12.5. The highest BCUT2D eigenvalue weighted by Crippen LogP contribution is 2.27. The lowest BCUT2D eigenvalue weighted by Crippen LogP contribution is -2.13. The maximum Gasteiger partial charge on any atom is 0.164 e. The van der Waals surface area contributed by atoms with Gasteiger partial charge in [-0.3, -0.25) is 9.36 Å². The van der Waals surface area contributed by atoms with Crippen molar-refractivity contribution in [3.05, 3.63) is 29.2 Å². The Hall–Kier alpha value is -1.49. The van der Waals surface area contributed by atoms with Crippen molar-refractivity contribution >= 4 is 17.4 Å². The topological polar surface area (TPSA) is 61.7 Å². The number of nitrogens with two attached hydrogens (primary N) is 1. The van der Waals surface area contributed by atoms with Crippen LogP contribution in [0.25, 0.3) is 0 Å². The van der Waals surface area contributed by atoms with Gasteiger partial charge in [0, 0.05) is 12.4 Å². The molecule has 0 amide bonds. The molecular formula is C13H18ClN5. The summed E-state index contributed by atoms with van der Waals surface area (Å²) in [5.41, 5.74) is 6.62. The number of rotatable bonds is 3. The van der Waals surface area contributed by atoms with Crippen LogP contribution in [0.1, 0.15) is 43.8 Å². The van der Waals surface area contributed by atoms with Crippen LogP contribution < -0.4 is 5.73 Å². The maximum atomic E-state index is 5.89. The van der Waals surface area contributed by atoms with Crippen LogP contribution in [0.15, 0.2) is 18.5 Å². The molecule has 1 aliphatic carbocycles. The molecule has 102 valence electrons. The van der Waals surface area contributed by atoms with Crippen LogP contribution in [0.4, 0.5) is 5.82 Å². The van der Waals surface area contributed by atoms with E-state index in [-0.39, 0.29) is 0 Å². The molecule has 0 saturated heterocycles. The highest BCUT2D eigenvalue weighted by atomic mass is 35.5. The van der Waals surface area contributed by atoms with Gasteiger partial charge < -0.3 is 5.73 Å². The number of halogens is 1. The number of anilines is 1. The van der Waals surface area contributed by atoms with E-state index in [4.69, 9.17) is 17.3 Å². The van der Waals surface area contributed by atoms with Crippen molar-refractivity contribution in [2.45, 2.75) is 44.7 Å². The van der Waals surface area contributed by atoms with Crippen molar-refractivity contribution in [1.29, 1.82) is 0 Å². The van der Waals surface area contributed by atoms with E-state index >= 15 is 0 Å². The third-order valence-corrected chi connectivity index (χ3v) is 3.97. The molecule has 1 aliphatic rings. The van der Waals surface area contributed by atoms with E-state index in [1.54, 1.807) is 10.9 Å². The summed E-state index contributed by atoms with van der Waals surface area (Å²) in [5.74, 6) is 0.369. The molecule has 2 heterocycles. The first-order valence-corrected chi connectivity index (χ1v) is 7.12. The summed E-state index contributed by atoms with van der Waals surface area (Å²) in [6.07, 6.45) is 10.3. The normalized spacial score (nSPS) is 16.9. The van der Waals surface area contributed by atoms with Crippen LogP contribution >= 0.6 is 11.6 Å². The minimum atomic E-state index is 0.369. The highest BCUT2D eigenvalue weighted by molar-refractivity contribution is 6.32. The quantitative estimate of drug-likeness (QED) is 0.940. The van der Waals surface area contributed by atoms with Gasteiger partial charge in [0.15, 0.2) is 5.82 Å². The molecule has 1 fully saturated rings. The Morgan fingerprint density at radius 1 is 1.26 bits per heavy atom. The number of nitrogen functional groups attached to an aromatic ring is 1. The minimum absolute atomic E-state index is 0.369. The van der Waals surface area contributed by atoms with Crippen LogP contribution in [-0.4, -0.2) is 19.6 Å². The second-order valence-electron chi connectivity index (χ2n) is 5.14. The second-order valence-corrected chi connectivity index (χ2v) is 5.55. The van der Waals surface area contributed by atoms with Crippen LogP contribution in [0.5, 0.6) is 0 Å². The largest absolute Gasteiger partial charge is 0.381 e. The molecule has 2 aromatic heterocycles. The molecule has 0 atom stereocenters. The number of hydrogen-bond acceptors (Lipinski definition) is 3. The third-order valence-electron chi connectivity index (χ3n) is 3.68. The Balaban J connectivity index is 1.70. The van der Waals surface area contributed by atoms with Gasteiger partial charge in [0.1, 0.15) is 5.02 Å². The third kappa shape index (κ3) is 2.76. The summed E-state index contributed by atoms with van der Waals surface area (Å²) >= 11 is 5.89. The molecule has 1 saturated carbocycles. The molecular weight excluding hydrogens is 262 g/mol. The summed E-state index contributed by atoms with van der Waals surface area (Å²) in [5, 5.41) is 9.27. The van der Waals surface area contributed by atoms with E-state index in [1.807, 2.05) is 6.07 Å². The number of hydrogen-bond donors (Lipinski definition) is 1. The molecule has 6 heteroatoms. The molecule has 0 bridgehead atoms. The Kier molecular flexibility index (Phi) is 3.46. The highest BCUT2D eigenvalue weighted by Gasteiger charge is 2.16. The first-order valence-electron chi connectivity index (χ1n) is 6.75. The zero-order valence-corrected chi connectivity index (χ0v) is 11.6. The van der Waals surface area contributed by atoms with Gasteiger partial charge in [0.2, 0.25) is 0 Å². The van der Waals surface area contributed by atoms with E-state index in [1.165, 1.54) is 32.1 Å². The zero-order valence-electron chi connectivity index (χ0n) is 10.8. The van der Waals surface area contributed by atoms with Crippen LogP contribution in [-0.2, 0) is 6.54 Å². The minimum Gasteiger partial charge on any atom is -0.381 e. The molecule has 2 N–H and O–H groups in total. The van der Waals surface area contributed by atoms with E-state index in [0.717, 1.165) is 5.69 Å². The van der Waals surface area contributed by atoms with Gasteiger partial charge in [-0.15, -0.1) is 0 Å². The van der Waals surface area contributed by atoms with Gasteiger partial charge in [0.05, 0.1) is 18.3 Å². The summed E-state index contributed by atoms with van der Waals surface area (Å²) in [6, 6.07) is 2.61. The lowest BCUT2D eigenvalue weighted by Gasteiger charge is -2.21. The van der Waals surface area contributed by atoms with Crippen molar-refractivity contribution < 1.29 is 0 Å². The molecule has 0 aromatic carbocycles. The summed E-state index contributed by atoms with van der Waals surface area (Å²) in [4.78, 5) is 0. The van der Waals surface area contributed by atoms with Crippen molar-refractivity contribution in [3.63, 3.8) is 0 Å². The summed E-state index contributed by atoms with van der Waals surface area (Å²) < 4.78 is 3.83.